The molecule has 84 valence electrons. The number of hydrogen-bond acceptors (Lipinski definition) is 2. The lowest BCUT2D eigenvalue weighted by Crippen LogP contribution is -2.24. The average Bonchev–Trinajstić information content (AvgIpc) is 2.08. The molecule has 0 radical (unpaired) electrons. The molecule has 0 saturated heterocycles. The Balaban J connectivity index is -0.000000220. The molecule has 0 bridgehead atoms. The highest BCUT2D eigenvalue weighted by atomic mass is 32.1. The third-order valence-corrected chi connectivity index (χ3v) is 1.84. The van der Waals surface area contributed by atoms with Crippen LogP contribution in [0.3, 0.4) is 0 Å². The van der Waals surface area contributed by atoms with Crippen molar-refractivity contribution in [3.05, 3.63) is 0 Å². The van der Waals surface area contributed by atoms with Gasteiger partial charge in [-0.05, 0) is 31.8 Å². The van der Waals surface area contributed by atoms with Gasteiger partial charge in [-0.3, -0.25) is 0 Å². The van der Waals surface area contributed by atoms with Crippen LogP contribution in [0.1, 0.15) is 48.0 Å². The first kappa shape index (κ1) is 19.0. The van der Waals surface area contributed by atoms with Gasteiger partial charge < -0.3 is 4.90 Å². The highest BCUT2D eigenvalue weighted by Gasteiger charge is 1.94. The van der Waals surface area contributed by atoms with Gasteiger partial charge in [0, 0.05) is 0 Å². The van der Waals surface area contributed by atoms with Crippen LogP contribution in [-0.4, -0.2) is 30.3 Å². The van der Waals surface area contributed by atoms with Crippen molar-refractivity contribution in [3.8, 4) is 0 Å². The SMILES string of the molecule is C.CCC.CCN(CC)CCCS. The van der Waals surface area contributed by atoms with Crippen LogP contribution in [-0.2, 0) is 0 Å². The number of thiol groups is 1. The summed E-state index contributed by atoms with van der Waals surface area (Å²) in [7, 11) is 0. The summed E-state index contributed by atoms with van der Waals surface area (Å²) in [4.78, 5) is 2.41. The minimum Gasteiger partial charge on any atom is -0.304 e. The molecule has 0 amide bonds. The molecule has 0 spiro atoms. The van der Waals surface area contributed by atoms with Crippen LogP contribution < -0.4 is 0 Å². The zero-order chi connectivity index (χ0) is 9.82. The molecule has 0 rings (SSSR count). The van der Waals surface area contributed by atoms with Crippen molar-refractivity contribution in [2.45, 2.75) is 48.0 Å². The molecular weight excluding hydrogens is 178 g/mol. The Bertz CT molecular complexity index is 63.1. The van der Waals surface area contributed by atoms with Gasteiger partial charge in [-0.15, -0.1) is 0 Å². The highest BCUT2D eigenvalue weighted by Crippen LogP contribution is 1.91. The van der Waals surface area contributed by atoms with Crippen molar-refractivity contribution in [3.63, 3.8) is 0 Å². The molecule has 0 N–H and O–H groups in total. The zero-order valence-electron chi connectivity index (χ0n) is 9.14. The van der Waals surface area contributed by atoms with Crippen LogP contribution >= 0.6 is 12.6 Å². The van der Waals surface area contributed by atoms with E-state index < -0.39 is 0 Å². The minimum atomic E-state index is 0. The summed E-state index contributed by atoms with van der Waals surface area (Å²) in [5.74, 6) is 1.01. The molecule has 0 aromatic heterocycles. The zero-order valence-corrected chi connectivity index (χ0v) is 10.0. The molecule has 13 heavy (non-hydrogen) atoms. The first-order valence-electron chi connectivity index (χ1n) is 5.09. The molecule has 0 saturated carbocycles. The molecule has 0 aliphatic carbocycles. The van der Waals surface area contributed by atoms with Gasteiger partial charge in [0.1, 0.15) is 0 Å². The lowest BCUT2D eigenvalue weighted by molar-refractivity contribution is 0.305. The van der Waals surface area contributed by atoms with Gasteiger partial charge in [-0.2, -0.15) is 12.6 Å². The van der Waals surface area contributed by atoms with Gasteiger partial charge >= 0.3 is 0 Å². The fraction of sp³-hybridized carbons (Fsp3) is 1.00. The van der Waals surface area contributed by atoms with E-state index >= 15 is 0 Å². The lowest BCUT2D eigenvalue weighted by atomic mass is 10.4. The van der Waals surface area contributed by atoms with E-state index in [1.165, 1.54) is 32.5 Å². The summed E-state index contributed by atoms with van der Waals surface area (Å²) in [6.07, 6.45) is 2.46. The molecule has 0 fully saturated rings. The van der Waals surface area contributed by atoms with Crippen molar-refractivity contribution in [1.29, 1.82) is 0 Å². The van der Waals surface area contributed by atoms with Crippen molar-refractivity contribution in [2.75, 3.05) is 25.4 Å². The summed E-state index contributed by atoms with van der Waals surface area (Å²) in [6.45, 7) is 12.2. The largest absolute Gasteiger partial charge is 0.304 e. The van der Waals surface area contributed by atoms with Crippen molar-refractivity contribution < 1.29 is 0 Å². The molecule has 1 nitrogen and oxygen atoms in total. The summed E-state index contributed by atoms with van der Waals surface area (Å²) in [5, 5.41) is 0. The number of hydrogen-bond donors (Lipinski definition) is 1. The molecule has 0 aliphatic heterocycles. The summed E-state index contributed by atoms with van der Waals surface area (Å²) < 4.78 is 0. The van der Waals surface area contributed by atoms with Gasteiger partial charge in [-0.25, -0.2) is 0 Å². The van der Waals surface area contributed by atoms with E-state index in [9.17, 15) is 0 Å². The maximum Gasteiger partial charge on any atom is -0.00112 e. The molecule has 0 aromatic rings. The summed E-state index contributed by atoms with van der Waals surface area (Å²) in [6, 6.07) is 0. The van der Waals surface area contributed by atoms with Crippen molar-refractivity contribution in [2.24, 2.45) is 0 Å². The topological polar surface area (TPSA) is 3.24 Å². The summed E-state index contributed by atoms with van der Waals surface area (Å²) in [5.41, 5.74) is 0. The van der Waals surface area contributed by atoms with E-state index in [0.717, 1.165) is 5.75 Å². The average molecular weight is 207 g/mol. The Morgan fingerprint density at radius 1 is 1.00 bits per heavy atom. The molecule has 0 atom stereocenters. The van der Waals surface area contributed by atoms with Gasteiger partial charge in [0.2, 0.25) is 0 Å². The van der Waals surface area contributed by atoms with Gasteiger partial charge in [0.05, 0.1) is 0 Å². The fourth-order valence-electron chi connectivity index (χ4n) is 0.834. The second-order valence-corrected chi connectivity index (χ2v) is 3.26. The van der Waals surface area contributed by atoms with E-state index in [0.29, 0.717) is 0 Å². The van der Waals surface area contributed by atoms with Crippen LogP contribution in [0.5, 0.6) is 0 Å². The van der Waals surface area contributed by atoms with Crippen LogP contribution in [0.4, 0.5) is 0 Å². The molecule has 2 heteroatoms. The van der Waals surface area contributed by atoms with E-state index in [4.69, 9.17) is 0 Å². The Kier molecular flexibility index (Phi) is 26.5. The van der Waals surface area contributed by atoms with E-state index in [1.54, 1.807) is 0 Å². The molecule has 0 aromatic carbocycles. The van der Waals surface area contributed by atoms with Crippen LogP contribution in [0.15, 0.2) is 0 Å². The first-order valence-corrected chi connectivity index (χ1v) is 5.73. The molecule has 0 aliphatic rings. The van der Waals surface area contributed by atoms with E-state index in [1.807, 2.05) is 0 Å². The molecule has 0 unspecified atom stereocenters. The van der Waals surface area contributed by atoms with Crippen LogP contribution in [0.25, 0.3) is 0 Å². The van der Waals surface area contributed by atoms with Crippen molar-refractivity contribution >= 4 is 12.6 Å². The molecular formula is C11H29NS. The normalized spacial score (nSPS) is 8.77. The second kappa shape index (κ2) is 18.2. The quantitative estimate of drug-likeness (QED) is 0.673. The Hall–Kier alpha value is 0.310. The summed E-state index contributed by atoms with van der Waals surface area (Å²) >= 11 is 4.15. The van der Waals surface area contributed by atoms with Gasteiger partial charge in [0.25, 0.3) is 0 Å². The van der Waals surface area contributed by atoms with Crippen LogP contribution in [0, 0.1) is 0 Å². The predicted molar refractivity (Wildman–Crippen MR) is 69.0 cm³/mol. The van der Waals surface area contributed by atoms with Crippen LogP contribution in [0.2, 0.25) is 0 Å². The first-order chi connectivity index (χ1) is 5.76. The third kappa shape index (κ3) is 18.9. The smallest absolute Gasteiger partial charge is 0.00112 e. The lowest BCUT2D eigenvalue weighted by Gasteiger charge is -2.16. The maximum absolute atomic E-state index is 4.15. The highest BCUT2D eigenvalue weighted by molar-refractivity contribution is 7.80. The Morgan fingerprint density at radius 2 is 1.38 bits per heavy atom. The van der Waals surface area contributed by atoms with Gasteiger partial charge in [0.15, 0.2) is 0 Å². The maximum atomic E-state index is 4.15. The number of rotatable bonds is 5. The second-order valence-electron chi connectivity index (χ2n) is 2.81. The standard InChI is InChI=1S/C7H17NS.C3H8.CH4/c1-3-8(4-2)6-5-7-9;1-3-2;/h9H,3-7H2,1-2H3;3H2,1-2H3;1H4. The third-order valence-electron chi connectivity index (χ3n) is 1.53. The Labute approximate surface area is 91.3 Å². The fourth-order valence-corrected chi connectivity index (χ4v) is 0.976. The van der Waals surface area contributed by atoms with E-state index in [2.05, 4.69) is 45.2 Å². The monoisotopic (exact) mass is 207 g/mol. The number of nitrogens with zero attached hydrogens (tertiary/aromatic N) is 1. The predicted octanol–water partition coefficient (Wildman–Crippen LogP) is 3.70. The molecule has 0 heterocycles. The minimum absolute atomic E-state index is 0. The Morgan fingerprint density at radius 3 is 1.62 bits per heavy atom. The van der Waals surface area contributed by atoms with E-state index in [-0.39, 0.29) is 7.43 Å². The van der Waals surface area contributed by atoms with Crippen molar-refractivity contribution in [1.82, 2.24) is 4.90 Å². The van der Waals surface area contributed by atoms with Gasteiger partial charge in [-0.1, -0.05) is 41.5 Å².